The molecular formula is C13H19NO. The minimum absolute atomic E-state index is 0.386. The zero-order valence-corrected chi connectivity index (χ0v) is 9.44. The van der Waals surface area contributed by atoms with Gasteiger partial charge in [0.25, 0.3) is 0 Å². The zero-order chi connectivity index (χ0) is 10.7. The van der Waals surface area contributed by atoms with Crippen LogP contribution in [0.2, 0.25) is 0 Å². The molecule has 0 spiro atoms. The zero-order valence-electron chi connectivity index (χ0n) is 9.44. The topological polar surface area (TPSA) is 21.3 Å². The normalized spacial score (nSPS) is 31.5. The van der Waals surface area contributed by atoms with Crippen LogP contribution in [0.15, 0.2) is 30.3 Å². The molecule has 2 rings (SSSR count). The monoisotopic (exact) mass is 205 g/mol. The van der Waals surface area contributed by atoms with Crippen molar-refractivity contribution < 1.29 is 4.74 Å². The van der Waals surface area contributed by atoms with Crippen molar-refractivity contribution in [1.29, 1.82) is 0 Å². The molecule has 1 heterocycles. The molecule has 0 aromatic heterocycles. The van der Waals surface area contributed by atoms with Gasteiger partial charge >= 0.3 is 0 Å². The van der Waals surface area contributed by atoms with Crippen LogP contribution in [0.25, 0.3) is 0 Å². The molecule has 82 valence electrons. The first-order chi connectivity index (χ1) is 7.31. The van der Waals surface area contributed by atoms with Gasteiger partial charge in [0.2, 0.25) is 0 Å². The second-order valence-corrected chi connectivity index (χ2v) is 4.36. The fourth-order valence-electron chi connectivity index (χ4n) is 2.28. The second-order valence-electron chi connectivity index (χ2n) is 4.36. The van der Waals surface area contributed by atoms with Crippen LogP contribution in [0.5, 0.6) is 0 Å². The Balaban J connectivity index is 2.06. The number of rotatable bonds is 2. The van der Waals surface area contributed by atoms with Crippen LogP contribution in [0.1, 0.15) is 24.9 Å². The van der Waals surface area contributed by atoms with E-state index in [-0.39, 0.29) is 0 Å². The van der Waals surface area contributed by atoms with Crippen LogP contribution in [-0.2, 0) is 4.74 Å². The first-order valence-electron chi connectivity index (χ1n) is 5.62. The van der Waals surface area contributed by atoms with Gasteiger partial charge in [-0.15, -0.1) is 0 Å². The van der Waals surface area contributed by atoms with Gasteiger partial charge in [-0.25, -0.2) is 0 Å². The SMILES string of the molecule is CO[C@H]1C[C@H](c2ccccc2)NC[C@H]1C. The highest BCUT2D eigenvalue weighted by Gasteiger charge is 2.27. The average molecular weight is 205 g/mol. The van der Waals surface area contributed by atoms with Gasteiger partial charge in [0.05, 0.1) is 6.10 Å². The lowest BCUT2D eigenvalue weighted by atomic mass is 9.89. The average Bonchev–Trinajstić information content (AvgIpc) is 2.31. The Bertz CT molecular complexity index is 299. The maximum Gasteiger partial charge on any atom is 0.0627 e. The number of nitrogens with one attached hydrogen (secondary N) is 1. The fourth-order valence-corrected chi connectivity index (χ4v) is 2.28. The van der Waals surface area contributed by atoms with Crippen LogP contribution >= 0.6 is 0 Å². The molecule has 0 unspecified atom stereocenters. The Morgan fingerprint density at radius 3 is 2.67 bits per heavy atom. The Kier molecular flexibility index (Phi) is 3.39. The van der Waals surface area contributed by atoms with Gasteiger partial charge in [-0.05, 0) is 17.9 Å². The lowest BCUT2D eigenvalue weighted by molar-refractivity contribution is 0.0236. The second kappa shape index (κ2) is 4.77. The minimum atomic E-state index is 0.386. The molecule has 2 heteroatoms. The van der Waals surface area contributed by atoms with Gasteiger partial charge in [0.1, 0.15) is 0 Å². The number of benzene rings is 1. The van der Waals surface area contributed by atoms with E-state index in [0.717, 1.165) is 13.0 Å². The number of hydrogen-bond donors (Lipinski definition) is 1. The summed E-state index contributed by atoms with van der Waals surface area (Å²) < 4.78 is 5.52. The first-order valence-corrected chi connectivity index (χ1v) is 5.62. The molecule has 1 N–H and O–H groups in total. The number of piperidine rings is 1. The Morgan fingerprint density at radius 1 is 1.27 bits per heavy atom. The molecule has 2 nitrogen and oxygen atoms in total. The summed E-state index contributed by atoms with van der Waals surface area (Å²) in [7, 11) is 1.81. The molecule has 1 aromatic rings. The highest BCUT2D eigenvalue weighted by molar-refractivity contribution is 5.19. The van der Waals surface area contributed by atoms with Crippen molar-refractivity contribution >= 4 is 0 Å². The summed E-state index contributed by atoms with van der Waals surface area (Å²) in [5, 5.41) is 3.57. The van der Waals surface area contributed by atoms with Gasteiger partial charge in [-0.1, -0.05) is 37.3 Å². The molecule has 1 fully saturated rings. The third kappa shape index (κ3) is 2.39. The molecule has 0 amide bonds. The van der Waals surface area contributed by atoms with Crippen LogP contribution in [-0.4, -0.2) is 19.8 Å². The smallest absolute Gasteiger partial charge is 0.0627 e. The van der Waals surface area contributed by atoms with E-state index in [0.29, 0.717) is 18.1 Å². The maximum atomic E-state index is 5.52. The van der Waals surface area contributed by atoms with E-state index in [1.54, 1.807) is 0 Å². The quantitative estimate of drug-likeness (QED) is 0.800. The summed E-state index contributed by atoms with van der Waals surface area (Å²) in [6.07, 6.45) is 1.46. The van der Waals surface area contributed by atoms with Crippen LogP contribution in [0, 0.1) is 5.92 Å². The van der Waals surface area contributed by atoms with E-state index in [9.17, 15) is 0 Å². The Labute approximate surface area is 91.6 Å². The van der Waals surface area contributed by atoms with Crippen LogP contribution in [0.4, 0.5) is 0 Å². The van der Waals surface area contributed by atoms with Gasteiger partial charge < -0.3 is 10.1 Å². The third-order valence-corrected chi connectivity index (χ3v) is 3.29. The molecule has 1 aliphatic heterocycles. The molecule has 1 saturated heterocycles. The minimum Gasteiger partial charge on any atom is -0.381 e. The highest BCUT2D eigenvalue weighted by Crippen LogP contribution is 2.27. The maximum absolute atomic E-state index is 5.52. The predicted octanol–water partition coefficient (Wildman–Crippen LogP) is 2.37. The standard InChI is InChI=1S/C13H19NO/c1-10-9-14-12(8-13(10)15-2)11-6-4-3-5-7-11/h3-7,10,12-14H,8-9H2,1-2H3/t10-,12-,13+/m1/s1. The van der Waals surface area contributed by atoms with E-state index in [4.69, 9.17) is 4.74 Å². The van der Waals surface area contributed by atoms with E-state index in [2.05, 4.69) is 42.6 Å². The molecule has 0 radical (unpaired) electrons. The predicted molar refractivity (Wildman–Crippen MR) is 61.8 cm³/mol. The summed E-state index contributed by atoms with van der Waals surface area (Å²) in [5.41, 5.74) is 1.37. The lowest BCUT2D eigenvalue weighted by Crippen LogP contribution is -2.41. The molecule has 1 aliphatic rings. The summed E-state index contributed by atoms with van der Waals surface area (Å²) >= 11 is 0. The van der Waals surface area contributed by atoms with Gasteiger partial charge in [0, 0.05) is 19.7 Å². The fraction of sp³-hybridized carbons (Fsp3) is 0.538. The Hall–Kier alpha value is -0.860. The summed E-state index contributed by atoms with van der Waals surface area (Å²) in [6, 6.07) is 11.1. The molecule has 0 saturated carbocycles. The van der Waals surface area contributed by atoms with E-state index < -0.39 is 0 Å². The lowest BCUT2D eigenvalue weighted by Gasteiger charge is -2.34. The van der Waals surface area contributed by atoms with Gasteiger partial charge in [0.15, 0.2) is 0 Å². The van der Waals surface area contributed by atoms with Crippen LogP contribution < -0.4 is 5.32 Å². The molecule has 0 aliphatic carbocycles. The largest absolute Gasteiger partial charge is 0.381 e. The van der Waals surface area contributed by atoms with Gasteiger partial charge in [-0.2, -0.15) is 0 Å². The van der Waals surface area contributed by atoms with Crippen molar-refractivity contribution in [3.05, 3.63) is 35.9 Å². The third-order valence-electron chi connectivity index (χ3n) is 3.29. The van der Waals surface area contributed by atoms with Crippen molar-refractivity contribution in [1.82, 2.24) is 5.32 Å². The molecule has 3 atom stereocenters. The number of hydrogen-bond acceptors (Lipinski definition) is 2. The van der Waals surface area contributed by atoms with Crippen molar-refractivity contribution in [3.63, 3.8) is 0 Å². The molecule has 1 aromatic carbocycles. The van der Waals surface area contributed by atoms with Crippen molar-refractivity contribution in [2.75, 3.05) is 13.7 Å². The number of ether oxygens (including phenoxy) is 1. The molecule has 0 bridgehead atoms. The number of methoxy groups -OCH3 is 1. The van der Waals surface area contributed by atoms with E-state index >= 15 is 0 Å². The highest BCUT2D eigenvalue weighted by atomic mass is 16.5. The Morgan fingerprint density at radius 2 is 2.00 bits per heavy atom. The summed E-state index contributed by atoms with van der Waals surface area (Å²) in [5.74, 6) is 0.606. The van der Waals surface area contributed by atoms with E-state index in [1.807, 2.05) is 7.11 Å². The van der Waals surface area contributed by atoms with Crippen molar-refractivity contribution in [2.24, 2.45) is 5.92 Å². The van der Waals surface area contributed by atoms with Gasteiger partial charge in [-0.3, -0.25) is 0 Å². The van der Waals surface area contributed by atoms with Crippen molar-refractivity contribution in [3.8, 4) is 0 Å². The van der Waals surface area contributed by atoms with E-state index in [1.165, 1.54) is 5.56 Å². The van der Waals surface area contributed by atoms with Crippen LogP contribution in [0.3, 0.4) is 0 Å². The molecule has 15 heavy (non-hydrogen) atoms. The summed E-state index contributed by atoms with van der Waals surface area (Å²) in [4.78, 5) is 0. The first kappa shape index (κ1) is 10.7. The van der Waals surface area contributed by atoms with Crippen molar-refractivity contribution in [2.45, 2.75) is 25.5 Å². The summed E-state index contributed by atoms with van der Waals surface area (Å²) in [6.45, 7) is 3.28. The molecular weight excluding hydrogens is 186 g/mol.